The molecule has 7 heteroatoms. The average Bonchev–Trinajstić information content (AvgIpc) is 2.26. The van der Waals surface area contributed by atoms with Crippen LogP contribution in [0.3, 0.4) is 0 Å². The summed E-state index contributed by atoms with van der Waals surface area (Å²) in [5.74, 6) is -0.922. The zero-order chi connectivity index (χ0) is 13.8. The second-order valence-corrected chi connectivity index (χ2v) is 4.37. The molecule has 0 saturated heterocycles. The number of hydrogen-bond donors (Lipinski definition) is 1. The Morgan fingerprint density at radius 3 is 2.56 bits per heavy atom. The first-order chi connectivity index (χ1) is 8.33. The minimum absolute atomic E-state index is 0.0280. The molecular formula is C11H11BrF3NO2. The Bertz CT molecular complexity index is 423. The monoisotopic (exact) mass is 325 g/mol. The summed E-state index contributed by atoms with van der Waals surface area (Å²) in [6.45, 7) is -1.37. The van der Waals surface area contributed by atoms with E-state index in [0.29, 0.717) is 4.90 Å². The molecule has 0 saturated carbocycles. The SMILES string of the molecule is O=C(c1cccc(O)c1)N(CCBr)CC(F)(F)F. The van der Waals surface area contributed by atoms with Gasteiger partial charge in [-0.05, 0) is 18.2 Å². The highest BCUT2D eigenvalue weighted by Crippen LogP contribution is 2.19. The summed E-state index contributed by atoms with van der Waals surface area (Å²) in [4.78, 5) is 12.5. The number of alkyl halides is 4. The van der Waals surface area contributed by atoms with Crippen molar-refractivity contribution in [2.45, 2.75) is 6.18 Å². The highest BCUT2D eigenvalue weighted by atomic mass is 79.9. The first kappa shape index (κ1) is 14.8. The summed E-state index contributed by atoms with van der Waals surface area (Å²) >= 11 is 3.00. The summed E-state index contributed by atoms with van der Waals surface area (Å²) in [5.41, 5.74) is 0.0280. The summed E-state index contributed by atoms with van der Waals surface area (Å²) in [7, 11) is 0. The number of aromatic hydroxyl groups is 1. The van der Waals surface area contributed by atoms with E-state index >= 15 is 0 Å². The lowest BCUT2D eigenvalue weighted by molar-refractivity contribution is -0.140. The van der Waals surface area contributed by atoms with Crippen LogP contribution >= 0.6 is 15.9 Å². The fourth-order valence-electron chi connectivity index (χ4n) is 1.39. The molecule has 1 N–H and O–H groups in total. The van der Waals surface area contributed by atoms with E-state index in [-0.39, 0.29) is 23.2 Å². The average molecular weight is 326 g/mol. The van der Waals surface area contributed by atoms with Crippen molar-refractivity contribution >= 4 is 21.8 Å². The summed E-state index contributed by atoms with van der Waals surface area (Å²) in [6.07, 6.45) is -4.45. The molecule has 1 amide bonds. The lowest BCUT2D eigenvalue weighted by atomic mass is 10.2. The van der Waals surface area contributed by atoms with Crippen molar-refractivity contribution in [1.29, 1.82) is 0 Å². The standard InChI is InChI=1S/C11H11BrF3NO2/c12-4-5-16(7-11(13,14)15)10(18)8-2-1-3-9(17)6-8/h1-3,6,17H,4-5,7H2. The van der Waals surface area contributed by atoms with Crippen molar-refractivity contribution < 1.29 is 23.1 Å². The van der Waals surface area contributed by atoms with E-state index < -0.39 is 18.6 Å². The molecule has 0 heterocycles. The number of carbonyl (C=O) groups is 1. The van der Waals surface area contributed by atoms with Gasteiger partial charge in [0.1, 0.15) is 12.3 Å². The van der Waals surface area contributed by atoms with Crippen molar-refractivity contribution in [3.05, 3.63) is 29.8 Å². The Hall–Kier alpha value is -1.24. The van der Waals surface area contributed by atoms with Gasteiger partial charge in [0, 0.05) is 17.4 Å². The van der Waals surface area contributed by atoms with Crippen LogP contribution in [-0.4, -0.2) is 40.5 Å². The third-order valence-electron chi connectivity index (χ3n) is 2.10. The van der Waals surface area contributed by atoms with Gasteiger partial charge in [-0.3, -0.25) is 4.79 Å². The predicted octanol–water partition coefficient (Wildman–Crippen LogP) is 2.79. The van der Waals surface area contributed by atoms with Gasteiger partial charge in [0.15, 0.2) is 0 Å². The van der Waals surface area contributed by atoms with Gasteiger partial charge in [-0.2, -0.15) is 13.2 Å². The third-order valence-corrected chi connectivity index (χ3v) is 2.46. The predicted molar refractivity (Wildman–Crippen MR) is 63.9 cm³/mol. The van der Waals surface area contributed by atoms with Gasteiger partial charge in [0.2, 0.25) is 0 Å². The van der Waals surface area contributed by atoms with E-state index in [4.69, 9.17) is 0 Å². The third kappa shape index (κ3) is 4.56. The number of benzene rings is 1. The van der Waals surface area contributed by atoms with Crippen LogP contribution in [0.2, 0.25) is 0 Å². The Balaban J connectivity index is 2.89. The molecule has 100 valence electrons. The summed E-state index contributed by atoms with van der Waals surface area (Å²) < 4.78 is 37.0. The largest absolute Gasteiger partial charge is 0.508 e. The molecule has 0 aliphatic rings. The van der Waals surface area contributed by atoms with E-state index in [1.807, 2.05) is 0 Å². The van der Waals surface area contributed by atoms with Gasteiger partial charge in [-0.25, -0.2) is 0 Å². The molecule has 1 aromatic rings. The maximum absolute atomic E-state index is 12.3. The van der Waals surface area contributed by atoms with Crippen LogP contribution in [0.4, 0.5) is 13.2 Å². The molecule has 0 atom stereocenters. The van der Waals surface area contributed by atoms with Gasteiger partial charge in [0.05, 0.1) is 0 Å². The maximum atomic E-state index is 12.3. The van der Waals surface area contributed by atoms with Crippen LogP contribution in [-0.2, 0) is 0 Å². The molecule has 1 rings (SSSR count). The van der Waals surface area contributed by atoms with Crippen LogP contribution in [0.5, 0.6) is 5.75 Å². The van der Waals surface area contributed by atoms with Gasteiger partial charge < -0.3 is 10.0 Å². The lowest BCUT2D eigenvalue weighted by Gasteiger charge is -2.23. The molecule has 0 spiro atoms. The molecule has 0 bridgehead atoms. The van der Waals surface area contributed by atoms with Crippen molar-refractivity contribution in [2.75, 3.05) is 18.4 Å². The molecule has 0 aromatic heterocycles. The highest BCUT2D eigenvalue weighted by molar-refractivity contribution is 9.09. The smallest absolute Gasteiger partial charge is 0.406 e. The number of amides is 1. The van der Waals surface area contributed by atoms with Crippen molar-refractivity contribution in [3.63, 3.8) is 0 Å². The Morgan fingerprint density at radius 2 is 2.06 bits per heavy atom. The molecule has 0 radical (unpaired) electrons. The number of halogens is 4. The minimum atomic E-state index is -4.45. The van der Waals surface area contributed by atoms with E-state index in [2.05, 4.69) is 15.9 Å². The number of phenols is 1. The zero-order valence-corrected chi connectivity index (χ0v) is 10.8. The number of nitrogens with zero attached hydrogens (tertiary/aromatic N) is 1. The van der Waals surface area contributed by atoms with E-state index in [0.717, 1.165) is 6.07 Å². The van der Waals surface area contributed by atoms with Gasteiger partial charge in [-0.1, -0.05) is 22.0 Å². The molecule has 0 fully saturated rings. The fourth-order valence-corrected chi connectivity index (χ4v) is 1.82. The second kappa shape index (κ2) is 6.08. The van der Waals surface area contributed by atoms with Crippen molar-refractivity contribution in [3.8, 4) is 5.75 Å². The van der Waals surface area contributed by atoms with Crippen LogP contribution in [0, 0.1) is 0 Å². The van der Waals surface area contributed by atoms with Crippen LogP contribution in [0.1, 0.15) is 10.4 Å². The normalized spacial score (nSPS) is 11.3. The maximum Gasteiger partial charge on any atom is 0.406 e. The molecule has 0 unspecified atom stereocenters. The van der Waals surface area contributed by atoms with Crippen LogP contribution in [0.15, 0.2) is 24.3 Å². The lowest BCUT2D eigenvalue weighted by Crippen LogP contribution is -2.40. The number of phenolic OH excluding ortho intramolecular Hbond substituents is 1. The Morgan fingerprint density at radius 1 is 1.39 bits per heavy atom. The quantitative estimate of drug-likeness (QED) is 0.865. The molecular weight excluding hydrogens is 315 g/mol. The van der Waals surface area contributed by atoms with Gasteiger partial charge >= 0.3 is 6.18 Å². The molecule has 0 aliphatic heterocycles. The molecule has 1 aromatic carbocycles. The molecule has 18 heavy (non-hydrogen) atoms. The van der Waals surface area contributed by atoms with Gasteiger partial charge in [-0.15, -0.1) is 0 Å². The topological polar surface area (TPSA) is 40.5 Å². The van der Waals surface area contributed by atoms with E-state index in [1.54, 1.807) is 0 Å². The first-order valence-corrected chi connectivity index (χ1v) is 6.16. The van der Waals surface area contributed by atoms with E-state index in [1.165, 1.54) is 18.2 Å². The van der Waals surface area contributed by atoms with Gasteiger partial charge in [0.25, 0.3) is 5.91 Å². The summed E-state index contributed by atoms with van der Waals surface area (Å²) in [5, 5.41) is 9.45. The van der Waals surface area contributed by atoms with E-state index in [9.17, 15) is 23.1 Å². The number of carbonyl (C=O) groups excluding carboxylic acids is 1. The van der Waals surface area contributed by atoms with Crippen LogP contribution < -0.4 is 0 Å². The minimum Gasteiger partial charge on any atom is -0.508 e. The zero-order valence-electron chi connectivity index (χ0n) is 9.25. The molecule has 0 aliphatic carbocycles. The van der Waals surface area contributed by atoms with Crippen molar-refractivity contribution in [2.24, 2.45) is 0 Å². The second-order valence-electron chi connectivity index (χ2n) is 3.58. The number of rotatable bonds is 4. The Kier molecular flexibility index (Phi) is 5.01. The van der Waals surface area contributed by atoms with Crippen molar-refractivity contribution in [1.82, 2.24) is 4.90 Å². The fraction of sp³-hybridized carbons (Fsp3) is 0.364. The summed E-state index contributed by atoms with van der Waals surface area (Å²) in [6, 6.07) is 5.25. The molecule has 3 nitrogen and oxygen atoms in total. The van der Waals surface area contributed by atoms with Crippen LogP contribution in [0.25, 0.3) is 0 Å². The Labute approximate surface area is 110 Å². The first-order valence-electron chi connectivity index (χ1n) is 5.04. The highest BCUT2D eigenvalue weighted by Gasteiger charge is 2.33. The number of hydrogen-bond acceptors (Lipinski definition) is 2.